The Hall–Kier alpha value is -3.79. The molecule has 1 N–H and O–H groups in total. The average Bonchev–Trinajstić information content (AvgIpc) is 3.29. The Morgan fingerprint density at radius 2 is 1.94 bits per heavy atom. The molecule has 32 heavy (non-hydrogen) atoms. The molecule has 4 aromatic rings. The number of carbonyl (C=O) groups excluding carboxylic acids is 1. The summed E-state index contributed by atoms with van der Waals surface area (Å²) in [6.45, 7) is 1.96. The van der Waals surface area contributed by atoms with Crippen molar-refractivity contribution in [3.05, 3.63) is 83.0 Å². The first-order chi connectivity index (χ1) is 15.4. The van der Waals surface area contributed by atoms with Gasteiger partial charge in [0.25, 0.3) is 12.3 Å². The number of alkyl halides is 2. The molecule has 0 radical (unpaired) electrons. The van der Waals surface area contributed by atoms with Crippen LogP contribution in [0.3, 0.4) is 0 Å². The van der Waals surface area contributed by atoms with Crippen LogP contribution in [0.5, 0.6) is 0 Å². The zero-order valence-corrected chi connectivity index (χ0v) is 17.5. The van der Waals surface area contributed by atoms with Gasteiger partial charge in [0.15, 0.2) is 5.82 Å². The van der Waals surface area contributed by atoms with E-state index < -0.39 is 18.2 Å². The predicted molar refractivity (Wildman–Crippen MR) is 112 cm³/mol. The highest BCUT2D eigenvalue weighted by Gasteiger charge is 2.19. The molecule has 0 atom stereocenters. The highest BCUT2D eigenvalue weighted by Crippen LogP contribution is 2.26. The van der Waals surface area contributed by atoms with Crippen LogP contribution in [0.15, 0.2) is 55.2 Å². The second-order valence-electron chi connectivity index (χ2n) is 6.79. The van der Waals surface area contributed by atoms with E-state index in [-0.39, 0.29) is 17.8 Å². The summed E-state index contributed by atoms with van der Waals surface area (Å²) in [7, 11) is 0. The van der Waals surface area contributed by atoms with Crippen molar-refractivity contribution in [2.24, 2.45) is 0 Å². The van der Waals surface area contributed by atoms with Crippen molar-refractivity contribution in [1.82, 2.24) is 35.0 Å². The maximum atomic E-state index is 13.4. The lowest BCUT2D eigenvalue weighted by molar-refractivity contribution is 0.0950. The topological polar surface area (TPSA) is 98.5 Å². The minimum Gasteiger partial charge on any atom is -0.346 e. The molecular weight excluding hydrogens is 440 g/mol. The fourth-order valence-corrected chi connectivity index (χ4v) is 3.05. The Balaban J connectivity index is 1.71. The predicted octanol–water partition coefficient (Wildman–Crippen LogP) is 3.95. The normalized spacial score (nSPS) is 11.0. The van der Waals surface area contributed by atoms with Crippen molar-refractivity contribution in [3.63, 3.8) is 0 Å². The zero-order chi connectivity index (χ0) is 22.7. The summed E-state index contributed by atoms with van der Waals surface area (Å²) in [6, 6.07) is 7.97. The van der Waals surface area contributed by atoms with Gasteiger partial charge >= 0.3 is 0 Å². The summed E-state index contributed by atoms with van der Waals surface area (Å²) in [5.74, 6) is -0.962. The monoisotopic (exact) mass is 455 g/mol. The largest absolute Gasteiger partial charge is 0.346 e. The lowest BCUT2D eigenvalue weighted by Crippen LogP contribution is -2.23. The maximum Gasteiger partial charge on any atom is 0.297 e. The Morgan fingerprint density at radius 3 is 2.62 bits per heavy atom. The molecule has 0 saturated heterocycles. The molecule has 0 aliphatic heterocycles. The molecule has 4 rings (SSSR count). The summed E-state index contributed by atoms with van der Waals surface area (Å²) in [4.78, 5) is 29.1. The average molecular weight is 456 g/mol. The maximum absolute atomic E-state index is 13.4. The van der Waals surface area contributed by atoms with Crippen LogP contribution in [0.4, 0.5) is 8.78 Å². The smallest absolute Gasteiger partial charge is 0.297 e. The van der Waals surface area contributed by atoms with Gasteiger partial charge in [0.2, 0.25) is 0 Å². The summed E-state index contributed by atoms with van der Waals surface area (Å²) in [5.41, 5.74) is 2.84. The van der Waals surface area contributed by atoms with Gasteiger partial charge in [-0.25, -0.2) is 18.4 Å². The fourth-order valence-electron chi connectivity index (χ4n) is 2.94. The van der Waals surface area contributed by atoms with E-state index in [0.29, 0.717) is 22.0 Å². The summed E-state index contributed by atoms with van der Waals surface area (Å²) in [6.07, 6.45) is 2.82. The van der Waals surface area contributed by atoms with E-state index in [1.165, 1.54) is 12.3 Å². The third-order valence-corrected chi connectivity index (χ3v) is 4.71. The molecule has 0 bridgehead atoms. The molecule has 8 nitrogen and oxygen atoms in total. The SMILES string of the molecule is Cc1cnc(CNC(=O)c2cc(-c3ccc(Cl)cn3)cc(-n3ncnc3C(F)F)c2)cn1. The molecular formula is C21H16ClF2N7O. The Labute approximate surface area is 186 Å². The quantitative estimate of drug-likeness (QED) is 0.472. The van der Waals surface area contributed by atoms with Crippen molar-refractivity contribution in [2.45, 2.75) is 19.9 Å². The molecule has 162 valence electrons. The van der Waals surface area contributed by atoms with Crippen LogP contribution >= 0.6 is 11.6 Å². The minimum absolute atomic E-state index is 0.149. The van der Waals surface area contributed by atoms with Gasteiger partial charge in [0, 0.05) is 23.5 Å². The fraction of sp³-hybridized carbons (Fsp3) is 0.143. The number of carbonyl (C=O) groups is 1. The van der Waals surface area contributed by atoms with E-state index in [2.05, 4.69) is 30.4 Å². The number of nitrogens with one attached hydrogen (secondary N) is 1. The lowest BCUT2D eigenvalue weighted by Gasteiger charge is -2.12. The van der Waals surface area contributed by atoms with Crippen molar-refractivity contribution in [1.29, 1.82) is 0 Å². The van der Waals surface area contributed by atoms with E-state index in [0.717, 1.165) is 16.7 Å². The number of rotatable bonds is 6. The van der Waals surface area contributed by atoms with Gasteiger partial charge in [-0.2, -0.15) is 5.10 Å². The second kappa shape index (κ2) is 9.15. The third-order valence-electron chi connectivity index (χ3n) is 4.48. The third kappa shape index (κ3) is 4.75. The van der Waals surface area contributed by atoms with E-state index in [9.17, 15) is 13.6 Å². The van der Waals surface area contributed by atoms with Gasteiger partial charge in [-0.05, 0) is 37.3 Å². The van der Waals surface area contributed by atoms with Crippen LogP contribution in [-0.2, 0) is 6.54 Å². The van der Waals surface area contributed by atoms with Gasteiger partial charge in [-0.1, -0.05) is 11.6 Å². The number of hydrogen-bond donors (Lipinski definition) is 1. The van der Waals surface area contributed by atoms with Crippen LogP contribution < -0.4 is 5.32 Å². The number of halogens is 3. The Morgan fingerprint density at radius 1 is 1.09 bits per heavy atom. The molecule has 3 heterocycles. The molecule has 0 aliphatic rings. The minimum atomic E-state index is -2.84. The first-order valence-corrected chi connectivity index (χ1v) is 9.79. The number of hydrogen-bond acceptors (Lipinski definition) is 6. The van der Waals surface area contributed by atoms with Gasteiger partial charge in [-0.3, -0.25) is 19.7 Å². The van der Waals surface area contributed by atoms with Crippen LogP contribution in [0.1, 0.15) is 34.0 Å². The molecule has 0 unspecified atom stereocenters. The number of pyridine rings is 1. The molecule has 0 aliphatic carbocycles. The van der Waals surface area contributed by atoms with Crippen LogP contribution in [-0.4, -0.2) is 35.6 Å². The summed E-state index contributed by atoms with van der Waals surface area (Å²) in [5, 5.41) is 7.09. The molecule has 11 heteroatoms. The summed E-state index contributed by atoms with van der Waals surface area (Å²) >= 11 is 5.91. The molecule has 0 spiro atoms. The standard InChI is InChI=1S/C21H16ClF2N7O/c1-12-7-26-16(9-25-12)10-28-21(32)14-4-13(18-3-2-15(22)8-27-18)5-17(6-14)31-20(19(23)24)29-11-30-31/h2-9,11,19H,10H2,1H3,(H,28,32). The molecule has 0 saturated carbocycles. The van der Waals surface area contributed by atoms with Crippen molar-refractivity contribution >= 4 is 17.5 Å². The highest BCUT2D eigenvalue weighted by atomic mass is 35.5. The van der Waals surface area contributed by atoms with Crippen LogP contribution in [0, 0.1) is 6.92 Å². The van der Waals surface area contributed by atoms with Gasteiger partial charge < -0.3 is 5.32 Å². The zero-order valence-electron chi connectivity index (χ0n) is 16.7. The van der Waals surface area contributed by atoms with E-state index >= 15 is 0 Å². The number of nitrogens with zero attached hydrogens (tertiary/aromatic N) is 6. The van der Waals surface area contributed by atoms with Gasteiger partial charge in [0.05, 0.1) is 40.5 Å². The molecule has 0 fully saturated rings. The van der Waals surface area contributed by atoms with Crippen molar-refractivity contribution in [2.75, 3.05) is 0 Å². The van der Waals surface area contributed by atoms with E-state index in [4.69, 9.17) is 11.6 Å². The number of aromatic nitrogens is 6. The van der Waals surface area contributed by atoms with Crippen molar-refractivity contribution < 1.29 is 13.6 Å². The number of amides is 1. The first kappa shape index (κ1) is 21.4. The Kier molecular flexibility index (Phi) is 6.13. The number of benzene rings is 1. The lowest BCUT2D eigenvalue weighted by atomic mass is 10.1. The Bertz CT molecular complexity index is 1240. The first-order valence-electron chi connectivity index (χ1n) is 9.42. The highest BCUT2D eigenvalue weighted by molar-refractivity contribution is 6.30. The van der Waals surface area contributed by atoms with Crippen molar-refractivity contribution in [3.8, 4) is 16.9 Å². The van der Waals surface area contributed by atoms with Gasteiger partial charge in [-0.15, -0.1) is 0 Å². The molecule has 1 amide bonds. The molecule has 1 aromatic carbocycles. The van der Waals surface area contributed by atoms with Crippen LogP contribution in [0.25, 0.3) is 16.9 Å². The van der Waals surface area contributed by atoms with Gasteiger partial charge in [0.1, 0.15) is 6.33 Å². The second-order valence-corrected chi connectivity index (χ2v) is 7.23. The molecule has 3 aromatic heterocycles. The van der Waals surface area contributed by atoms with E-state index in [1.54, 1.807) is 36.7 Å². The number of aryl methyl sites for hydroxylation is 1. The summed E-state index contributed by atoms with van der Waals surface area (Å²) < 4.78 is 27.7. The van der Waals surface area contributed by atoms with E-state index in [1.807, 2.05) is 6.92 Å². The van der Waals surface area contributed by atoms with Crippen LogP contribution in [0.2, 0.25) is 5.02 Å².